The molecular weight excluding hydrogens is 344 g/mol. The molecule has 3 heteroatoms. The summed E-state index contributed by atoms with van der Waals surface area (Å²) in [4.78, 5) is 13.4. The van der Waals surface area contributed by atoms with E-state index in [0.717, 1.165) is 25.7 Å². The standard InChI is InChI=1S/C25H36N2O/c1-2-24-12-17-14-25(16-24,19-6-4-3-5-7-19)15-18(13-24)22(17)23(28)27-21-10-8-20(26)9-11-21/h3-7,17-18,20-22H,2,8-16,26H2,1H3,(H,27,28). The first-order valence-electron chi connectivity index (χ1n) is 11.6. The largest absolute Gasteiger partial charge is 0.353 e. The third-order valence-corrected chi connectivity index (χ3v) is 8.98. The van der Waals surface area contributed by atoms with Gasteiger partial charge in [-0.2, -0.15) is 0 Å². The first kappa shape index (κ1) is 18.7. The lowest BCUT2D eigenvalue weighted by Gasteiger charge is -2.65. The molecule has 6 rings (SSSR count). The van der Waals surface area contributed by atoms with E-state index in [1.54, 1.807) is 0 Å². The molecule has 0 aliphatic heterocycles. The number of carbonyl (C=O) groups excluding carboxylic acids is 1. The van der Waals surface area contributed by atoms with Gasteiger partial charge in [-0.3, -0.25) is 4.79 Å². The number of benzene rings is 1. The third-order valence-electron chi connectivity index (χ3n) is 8.98. The Balaban J connectivity index is 1.37. The van der Waals surface area contributed by atoms with Crippen LogP contribution >= 0.6 is 0 Å². The van der Waals surface area contributed by atoms with Gasteiger partial charge in [0.1, 0.15) is 0 Å². The molecule has 5 fully saturated rings. The Kier molecular flexibility index (Phi) is 4.58. The maximum Gasteiger partial charge on any atom is 0.223 e. The molecule has 0 saturated heterocycles. The number of hydrogen-bond donors (Lipinski definition) is 2. The van der Waals surface area contributed by atoms with Crippen molar-refractivity contribution in [1.29, 1.82) is 0 Å². The quantitative estimate of drug-likeness (QED) is 0.805. The van der Waals surface area contributed by atoms with E-state index < -0.39 is 0 Å². The highest BCUT2D eigenvalue weighted by atomic mass is 16.2. The predicted molar refractivity (Wildman–Crippen MR) is 113 cm³/mol. The van der Waals surface area contributed by atoms with Crippen LogP contribution in [0.15, 0.2) is 30.3 Å². The van der Waals surface area contributed by atoms with Gasteiger partial charge in [-0.15, -0.1) is 0 Å². The van der Waals surface area contributed by atoms with Crippen LogP contribution in [-0.2, 0) is 10.2 Å². The molecule has 0 spiro atoms. The predicted octanol–water partition coefficient (Wildman–Crippen LogP) is 4.55. The highest BCUT2D eigenvalue weighted by Crippen LogP contribution is 2.68. The lowest BCUT2D eigenvalue weighted by atomic mass is 9.39. The van der Waals surface area contributed by atoms with E-state index in [2.05, 4.69) is 42.6 Å². The van der Waals surface area contributed by atoms with Crippen LogP contribution < -0.4 is 11.1 Å². The molecule has 5 aliphatic rings. The Bertz CT molecular complexity index is 705. The average molecular weight is 381 g/mol. The molecule has 2 unspecified atom stereocenters. The van der Waals surface area contributed by atoms with Gasteiger partial charge in [0, 0.05) is 18.0 Å². The zero-order valence-corrected chi connectivity index (χ0v) is 17.3. The van der Waals surface area contributed by atoms with E-state index in [0.29, 0.717) is 40.7 Å². The first-order valence-corrected chi connectivity index (χ1v) is 11.6. The second kappa shape index (κ2) is 6.86. The summed E-state index contributed by atoms with van der Waals surface area (Å²) in [6, 6.07) is 11.9. The average Bonchev–Trinajstić information content (AvgIpc) is 2.70. The molecule has 5 saturated carbocycles. The summed E-state index contributed by atoms with van der Waals surface area (Å²) < 4.78 is 0. The Morgan fingerprint density at radius 3 is 2.29 bits per heavy atom. The van der Waals surface area contributed by atoms with Gasteiger partial charge < -0.3 is 11.1 Å². The minimum atomic E-state index is 0.243. The van der Waals surface area contributed by atoms with Crippen molar-refractivity contribution in [3.8, 4) is 0 Å². The van der Waals surface area contributed by atoms with Crippen molar-refractivity contribution in [1.82, 2.24) is 5.32 Å². The van der Waals surface area contributed by atoms with Crippen molar-refractivity contribution in [3.05, 3.63) is 35.9 Å². The molecule has 5 aliphatic carbocycles. The number of amides is 1. The van der Waals surface area contributed by atoms with Gasteiger partial charge in [-0.1, -0.05) is 43.7 Å². The Hall–Kier alpha value is -1.35. The van der Waals surface area contributed by atoms with Crippen molar-refractivity contribution in [2.24, 2.45) is 28.9 Å². The maximum absolute atomic E-state index is 13.4. The van der Waals surface area contributed by atoms with Crippen molar-refractivity contribution < 1.29 is 4.79 Å². The number of hydrogen-bond acceptors (Lipinski definition) is 2. The second-order valence-electron chi connectivity index (χ2n) is 10.7. The number of nitrogens with two attached hydrogens (primary N) is 1. The van der Waals surface area contributed by atoms with Gasteiger partial charge in [0.05, 0.1) is 0 Å². The summed E-state index contributed by atoms with van der Waals surface area (Å²) in [5.41, 5.74) is 8.37. The van der Waals surface area contributed by atoms with Crippen LogP contribution in [0.1, 0.15) is 76.7 Å². The molecule has 4 bridgehead atoms. The van der Waals surface area contributed by atoms with Gasteiger partial charge in [0.25, 0.3) is 0 Å². The van der Waals surface area contributed by atoms with Gasteiger partial charge >= 0.3 is 0 Å². The fraction of sp³-hybridized carbons (Fsp3) is 0.720. The van der Waals surface area contributed by atoms with Crippen LogP contribution in [0.5, 0.6) is 0 Å². The molecule has 0 aromatic heterocycles. The maximum atomic E-state index is 13.4. The lowest BCUT2D eigenvalue weighted by Crippen LogP contribution is -2.61. The summed E-state index contributed by atoms with van der Waals surface area (Å²) in [6.07, 6.45) is 11.8. The first-order chi connectivity index (χ1) is 13.5. The molecule has 3 N–H and O–H groups in total. The molecule has 152 valence electrons. The van der Waals surface area contributed by atoms with E-state index in [4.69, 9.17) is 5.73 Å². The summed E-state index contributed by atoms with van der Waals surface area (Å²) in [7, 11) is 0. The van der Waals surface area contributed by atoms with Crippen molar-refractivity contribution in [2.75, 3.05) is 0 Å². The van der Waals surface area contributed by atoms with Gasteiger partial charge in [-0.25, -0.2) is 0 Å². The zero-order chi connectivity index (χ0) is 19.4. The minimum Gasteiger partial charge on any atom is -0.353 e. The molecular formula is C25H36N2O. The van der Waals surface area contributed by atoms with Crippen LogP contribution in [0.2, 0.25) is 0 Å². The van der Waals surface area contributed by atoms with Crippen LogP contribution in [0.3, 0.4) is 0 Å². The molecule has 3 nitrogen and oxygen atoms in total. The van der Waals surface area contributed by atoms with Crippen molar-refractivity contribution in [3.63, 3.8) is 0 Å². The van der Waals surface area contributed by atoms with Gasteiger partial charge in [0.2, 0.25) is 5.91 Å². The number of carbonyl (C=O) groups is 1. The third kappa shape index (κ3) is 3.01. The summed E-state index contributed by atoms with van der Waals surface area (Å²) in [5, 5.41) is 3.46. The van der Waals surface area contributed by atoms with Crippen molar-refractivity contribution >= 4 is 5.91 Å². The summed E-state index contributed by atoms with van der Waals surface area (Å²) in [6.45, 7) is 2.38. The Morgan fingerprint density at radius 2 is 1.68 bits per heavy atom. The molecule has 0 heterocycles. The molecule has 28 heavy (non-hydrogen) atoms. The molecule has 2 atom stereocenters. The normalized spacial score (nSPS) is 44.4. The summed E-state index contributed by atoms with van der Waals surface area (Å²) >= 11 is 0. The van der Waals surface area contributed by atoms with Crippen LogP contribution in [0, 0.1) is 23.2 Å². The van der Waals surface area contributed by atoms with E-state index in [1.165, 1.54) is 44.1 Å². The molecule has 1 aromatic carbocycles. The van der Waals surface area contributed by atoms with E-state index in [9.17, 15) is 4.79 Å². The van der Waals surface area contributed by atoms with Gasteiger partial charge in [-0.05, 0) is 86.0 Å². The van der Waals surface area contributed by atoms with Gasteiger partial charge in [0.15, 0.2) is 0 Å². The van der Waals surface area contributed by atoms with E-state index in [1.807, 2.05) is 0 Å². The highest BCUT2D eigenvalue weighted by Gasteiger charge is 2.62. The number of rotatable bonds is 4. The topological polar surface area (TPSA) is 55.1 Å². The fourth-order valence-corrected chi connectivity index (χ4v) is 7.86. The highest BCUT2D eigenvalue weighted by molar-refractivity contribution is 5.80. The van der Waals surface area contributed by atoms with Crippen molar-refractivity contribution in [2.45, 2.75) is 88.6 Å². The Morgan fingerprint density at radius 1 is 1.04 bits per heavy atom. The van der Waals surface area contributed by atoms with Crippen LogP contribution in [-0.4, -0.2) is 18.0 Å². The molecule has 1 amide bonds. The summed E-state index contributed by atoms with van der Waals surface area (Å²) in [5.74, 6) is 1.73. The smallest absolute Gasteiger partial charge is 0.223 e. The van der Waals surface area contributed by atoms with Crippen LogP contribution in [0.25, 0.3) is 0 Å². The SMILES string of the molecule is CCC12CC3CC(c4ccccc4)(CC(C1)C3C(=O)NC1CCC(N)CC1)C2. The van der Waals surface area contributed by atoms with Crippen LogP contribution in [0.4, 0.5) is 0 Å². The molecule has 1 aromatic rings. The Labute approximate surface area is 169 Å². The number of nitrogens with one attached hydrogen (secondary N) is 1. The molecule has 0 radical (unpaired) electrons. The van der Waals surface area contributed by atoms with E-state index in [-0.39, 0.29) is 5.92 Å². The second-order valence-corrected chi connectivity index (χ2v) is 10.7. The van der Waals surface area contributed by atoms with E-state index >= 15 is 0 Å². The minimum absolute atomic E-state index is 0.243. The fourth-order valence-electron chi connectivity index (χ4n) is 7.86. The zero-order valence-electron chi connectivity index (χ0n) is 17.3. The lowest BCUT2D eigenvalue weighted by molar-refractivity contribution is -0.151. The monoisotopic (exact) mass is 380 g/mol.